The lowest BCUT2D eigenvalue weighted by molar-refractivity contribution is -0.384. The first-order valence-electron chi connectivity index (χ1n) is 5.37. The molecular formula is C10H12N6O2. The second-order valence-corrected chi connectivity index (χ2v) is 3.80. The van der Waals surface area contributed by atoms with Crippen molar-refractivity contribution >= 4 is 5.69 Å². The standard InChI is InChI=1S/C10H12N6O2/c1-7(10-12-14-15-13-10)11-6-8-2-4-9(5-3-8)16(17)18/h2-5,7,11H,6H2,1H3,(H,12,13,14,15). The third-order valence-corrected chi connectivity index (χ3v) is 2.51. The van der Waals surface area contributed by atoms with Crippen molar-refractivity contribution in [3.63, 3.8) is 0 Å². The molecule has 8 heteroatoms. The summed E-state index contributed by atoms with van der Waals surface area (Å²) >= 11 is 0. The van der Waals surface area contributed by atoms with Crippen LogP contribution in [0.3, 0.4) is 0 Å². The van der Waals surface area contributed by atoms with E-state index in [0.29, 0.717) is 12.4 Å². The molecule has 0 fully saturated rings. The van der Waals surface area contributed by atoms with Gasteiger partial charge >= 0.3 is 0 Å². The van der Waals surface area contributed by atoms with Crippen molar-refractivity contribution in [2.75, 3.05) is 0 Å². The maximum Gasteiger partial charge on any atom is 0.269 e. The van der Waals surface area contributed by atoms with Crippen LogP contribution in [0.4, 0.5) is 5.69 Å². The molecule has 2 aromatic rings. The number of rotatable bonds is 5. The molecule has 2 N–H and O–H groups in total. The van der Waals surface area contributed by atoms with Crippen LogP contribution in [0.2, 0.25) is 0 Å². The smallest absolute Gasteiger partial charge is 0.269 e. The Morgan fingerprint density at radius 3 is 2.72 bits per heavy atom. The monoisotopic (exact) mass is 248 g/mol. The van der Waals surface area contributed by atoms with Crippen molar-refractivity contribution < 1.29 is 4.92 Å². The van der Waals surface area contributed by atoms with Crippen LogP contribution < -0.4 is 5.32 Å². The molecule has 0 aliphatic carbocycles. The number of nitro benzene ring substituents is 1. The van der Waals surface area contributed by atoms with E-state index in [4.69, 9.17) is 0 Å². The second kappa shape index (κ2) is 5.32. The maximum atomic E-state index is 10.5. The molecule has 0 aliphatic heterocycles. The predicted molar refractivity (Wildman–Crippen MR) is 62.5 cm³/mol. The maximum absolute atomic E-state index is 10.5. The van der Waals surface area contributed by atoms with Gasteiger partial charge in [-0.1, -0.05) is 17.3 Å². The van der Waals surface area contributed by atoms with E-state index < -0.39 is 4.92 Å². The van der Waals surface area contributed by atoms with Gasteiger partial charge in [-0.25, -0.2) is 0 Å². The highest BCUT2D eigenvalue weighted by Crippen LogP contribution is 2.12. The van der Waals surface area contributed by atoms with Gasteiger partial charge in [0, 0.05) is 18.7 Å². The largest absolute Gasteiger partial charge is 0.303 e. The van der Waals surface area contributed by atoms with Crippen LogP contribution in [0.1, 0.15) is 24.4 Å². The summed E-state index contributed by atoms with van der Waals surface area (Å²) in [6.07, 6.45) is 0. The van der Waals surface area contributed by atoms with E-state index in [0.717, 1.165) is 5.56 Å². The SMILES string of the molecule is CC(NCc1ccc([N+](=O)[O-])cc1)c1nn[nH]n1. The summed E-state index contributed by atoms with van der Waals surface area (Å²) in [4.78, 5) is 10.1. The topological polar surface area (TPSA) is 110 Å². The third kappa shape index (κ3) is 2.86. The summed E-state index contributed by atoms with van der Waals surface area (Å²) in [6.45, 7) is 2.49. The number of nitro groups is 1. The van der Waals surface area contributed by atoms with E-state index in [1.807, 2.05) is 6.92 Å². The van der Waals surface area contributed by atoms with Gasteiger partial charge in [0.2, 0.25) is 0 Å². The number of benzene rings is 1. The van der Waals surface area contributed by atoms with Gasteiger partial charge in [0.1, 0.15) is 0 Å². The Labute approximate surface area is 103 Å². The second-order valence-electron chi connectivity index (χ2n) is 3.80. The molecule has 94 valence electrons. The van der Waals surface area contributed by atoms with Gasteiger partial charge in [-0.3, -0.25) is 10.1 Å². The molecule has 1 unspecified atom stereocenters. The fourth-order valence-electron chi connectivity index (χ4n) is 1.45. The van der Waals surface area contributed by atoms with E-state index in [1.165, 1.54) is 12.1 Å². The van der Waals surface area contributed by atoms with Gasteiger partial charge in [0.25, 0.3) is 5.69 Å². The minimum absolute atomic E-state index is 0.0426. The molecule has 1 heterocycles. The normalized spacial score (nSPS) is 12.3. The first-order valence-corrected chi connectivity index (χ1v) is 5.37. The van der Waals surface area contributed by atoms with Gasteiger partial charge in [-0.15, -0.1) is 10.2 Å². The van der Waals surface area contributed by atoms with Gasteiger partial charge in [-0.2, -0.15) is 5.21 Å². The summed E-state index contributed by atoms with van der Waals surface area (Å²) in [5.74, 6) is 0.580. The van der Waals surface area contributed by atoms with Crippen molar-refractivity contribution in [3.05, 3.63) is 45.8 Å². The minimum atomic E-state index is -0.418. The third-order valence-electron chi connectivity index (χ3n) is 2.51. The molecule has 1 aromatic heterocycles. The quantitative estimate of drug-likeness (QED) is 0.602. The molecule has 1 atom stereocenters. The molecule has 8 nitrogen and oxygen atoms in total. The summed E-state index contributed by atoms with van der Waals surface area (Å²) in [5, 5.41) is 27.3. The van der Waals surface area contributed by atoms with Crippen LogP contribution in [0.15, 0.2) is 24.3 Å². The van der Waals surface area contributed by atoms with Crippen LogP contribution in [0.25, 0.3) is 0 Å². The highest BCUT2D eigenvalue weighted by Gasteiger charge is 2.09. The van der Waals surface area contributed by atoms with Gasteiger partial charge in [0.05, 0.1) is 11.0 Å². The van der Waals surface area contributed by atoms with E-state index in [-0.39, 0.29) is 11.7 Å². The predicted octanol–water partition coefficient (Wildman–Crippen LogP) is 0.959. The van der Waals surface area contributed by atoms with Crippen molar-refractivity contribution in [2.24, 2.45) is 0 Å². The molecule has 0 amide bonds. The Kier molecular flexibility index (Phi) is 3.58. The Morgan fingerprint density at radius 2 is 2.17 bits per heavy atom. The van der Waals surface area contributed by atoms with Crippen molar-refractivity contribution in [3.8, 4) is 0 Å². The summed E-state index contributed by atoms with van der Waals surface area (Å²) in [5.41, 5.74) is 1.04. The number of tetrazole rings is 1. The number of non-ortho nitro benzene ring substituents is 1. The molecule has 0 aliphatic rings. The van der Waals surface area contributed by atoms with Crippen LogP contribution in [-0.4, -0.2) is 25.5 Å². The number of nitrogens with one attached hydrogen (secondary N) is 2. The molecule has 0 radical (unpaired) electrons. The number of hydrogen-bond donors (Lipinski definition) is 2. The van der Waals surface area contributed by atoms with Gasteiger partial charge in [-0.05, 0) is 12.5 Å². The van der Waals surface area contributed by atoms with E-state index in [2.05, 4.69) is 25.9 Å². The zero-order valence-electron chi connectivity index (χ0n) is 9.70. The van der Waals surface area contributed by atoms with Crippen molar-refractivity contribution in [2.45, 2.75) is 19.5 Å². The number of hydrogen-bond acceptors (Lipinski definition) is 6. The minimum Gasteiger partial charge on any atom is -0.303 e. The molecule has 18 heavy (non-hydrogen) atoms. The van der Waals surface area contributed by atoms with Crippen molar-refractivity contribution in [1.29, 1.82) is 0 Å². The lowest BCUT2D eigenvalue weighted by Gasteiger charge is -2.09. The van der Waals surface area contributed by atoms with Crippen LogP contribution >= 0.6 is 0 Å². The Hall–Kier alpha value is -2.35. The molecule has 0 bridgehead atoms. The molecule has 0 saturated heterocycles. The van der Waals surface area contributed by atoms with Crippen LogP contribution in [-0.2, 0) is 6.54 Å². The highest BCUT2D eigenvalue weighted by molar-refractivity contribution is 5.32. The Bertz CT molecular complexity index is 510. The number of aromatic nitrogens is 4. The van der Waals surface area contributed by atoms with Crippen LogP contribution in [0.5, 0.6) is 0 Å². The Morgan fingerprint density at radius 1 is 1.44 bits per heavy atom. The molecule has 0 saturated carbocycles. The summed E-state index contributed by atoms with van der Waals surface area (Å²) < 4.78 is 0. The average Bonchev–Trinajstić information content (AvgIpc) is 2.90. The molecule has 2 rings (SSSR count). The summed E-state index contributed by atoms with van der Waals surface area (Å²) in [7, 11) is 0. The van der Waals surface area contributed by atoms with E-state index in [9.17, 15) is 10.1 Å². The average molecular weight is 248 g/mol. The van der Waals surface area contributed by atoms with Gasteiger partial charge in [0.15, 0.2) is 5.82 Å². The fourth-order valence-corrected chi connectivity index (χ4v) is 1.45. The Balaban J connectivity index is 1.92. The fraction of sp³-hybridized carbons (Fsp3) is 0.300. The lowest BCUT2D eigenvalue weighted by Crippen LogP contribution is -2.19. The molecule has 0 spiro atoms. The number of H-pyrrole nitrogens is 1. The molecule has 1 aromatic carbocycles. The van der Waals surface area contributed by atoms with Crippen molar-refractivity contribution in [1.82, 2.24) is 25.9 Å². The molecular weight excluding hydrogens is 236 g/mol. The summed E-state index contributed by atoms with van der Waals surface area (Å²) in [6, 6.07) is 6.35. The first-order chi connectivity index (χ1) is 8.66. The lowest BCUT2D eigenvalue weighted by atomic mass is 10.2. The van der Waals surface area contributed by atoms with Gasteiger partial charge < -0.3 is 5.32 Å². The first kappa shape index (κ1) is 12.1. The van der Waals surface area contributed by atoms with E-state index >= 15 is 0 Å². The van der Waals surface area contributed by atoms with Crippen LogP contribution in [0, 0.1) is 10.1 Å². The number of aromatic amines is 1. The zero-order chi connectivity index (χ0) is 13.0. The highest BCUT2D eigenvalue weighted by atomic mass is 16.6. The number of nitrogens with zero attached hydrogens (tertiary/aromatic N) is 4. The zero-order valence-corrected chi connectivity index (χ0v) is 9.70. The van der Waals surface area contributed by atoms with E-state index in [1.54, 1.807) is 12.1 Å².